The number of hydrogen-bond acceptors (Lipinski definition) is 4. The summed E-state index contributed by atoms with van der Waals surface area (Å²) >= 11 is 0. The van der Waals surface area contributed by atoms with Gasteiger partial charge in [0, 0.05) is 6.04 Å². The quantitative estimate of drug-likeness (QED) is 0.736. The zero-order valence-electron chi connectivity index (χ0n) is 7.00. The summed E-state index contributed by atoms with van der Waals surface area (Å²) in [7, 11) is 0. The lowest BCUT2D eigenvalue weighted by Crippen LogP contribution is -2.11. The van der Waals surface area contributed by atoms with E-state index in [4.69, 9.17) is 0 Å². The third-order valence-electron chi connectivity index (χ3n) is 1.33. The Kier molecular flexibility index (Phi) is 2.94. The average molecular weight is 189 g/mol. The number of anilines is 1. The number of aromatic nitrogens is 2. The molecule has 0 aliphatic carbocycles. The van der Waals surface area contributed by atoms with Crippen LogP contribution in [0.2, 0.25) is 0 Å². The molecule has 1 aromatic rings. The Balaban J connectivity index is 2.63. The summed E-state index contributed by atoms with van der Waals surface area (Å²) in [4.78, 5) is 0. The molecule has 0 radical (unpaired) electrons. The van der Waals surface area contributed by atoms with Crippen LogP contribution in [0.3, 0.4) is 0 Å². The molecule has 72 valence electrons. The SMILES string of the molecule is C=CC(C)Nc1nnc(C(F)F)o1. The molecular weight excluding hydrogens is 180 g/mol. The molecule has 1 atom stereocenters. The standard InChI is InChI=1S/C7H9F2N3O/c1-3-4(2)10-7-12-11-6(13-7)5(8)9/h3-5H,1H2,2H3,(H,10,12). The molecule has 1 rings (SSSR count). The van der Waals surface area contributed by atoms with E-state index in [0.29, 0.717) is 0 Å². The molecule has 0 aliphatic rings. The van der Waals surface area contributed by atoms with E-state index in [2.05, 4.69) is 26.5 Å². The fourth-order valence-corrected chi connectivity index (χ4v) is 0.635. The first-order valence-corrected chi connectivity index (χ1v) is 3.64. The fourth-order valence-electron chi connectivity index (χ4n) is 0.635. The van der Waals surface area contributed by atoms with E-state index in [9.17, 15) is 8.78 Å². The predicted molar refractivity (Wildman–Crippen MR) is 42.5 cm³/mol. The van der Waals surface area contributed by atoms with Gasteiger partial charge >= 0.3 is 12.4 Å². The van der Waals surface area contributed by atoms with E-state index >= 15 is 0 Å². The van der Waals surface area contributed by atoms with E-state index in [-0.39, 0.29) is 12.1 Å². The molecule has 0 aliphatic heterocycles. The maximum Gasteiger partial charge on any atom is 0.316 e. The number of nitrogens with zero attached hydrogens (tertiary/aromatic N) is 2. The Morgan fingerprint density at radius 1 is 1.54 bits per heavy atom. The van der Waals surface area contributed by atoms with Gasteiger partial charge in [0.1, 0.15) is 0 Å². The monoisotopic (exact) mass is 189 g/mol. The van der Waals surface area contributed by atoms with Crippen LogP contribution in [0.25, 0.3) is 0 Å². The number of halogens is 2. The van der Waals surface area contributed by atoms with Crippen molar-refractivity contribution in [3.63, 3.8) is 0 Å². The van der Waals surface area contributed by atoms with Crippen molar-refractivity contribution in [3.05, 3.63) is 18.5 Å². The molecule has 1 N–H and O–H groups in total. The first-order valence-electron chi connectivity index (χ1n) is 3.64. The van der Waals surface area contributed by atoms with Crippen LogP contribution in [0.15, 0.2) is 17.1 Å². The van der Waals surface area contributed by atoms with Crippen molar-refractivity contribution in [1.82, 2.24) is 10.2 Å². The minimum absolute atomic E-state index is 0.0253. The average Bonchev–Trinajstić information content (AvgIpc) is 2.52. The Labute approximate surface area is 73.6 Å². The lowest BCUT2D eigenvalue weighted by Gasteiger charge is -2.03. The van der Waals surface area contributed by atoms with Crippen molar-refractivity contribution < 1.29 is 13.2 Å². The fraction of sp³-hybridized carbons (Fsp3) is 0.429. The minimum atomic E-state index is -2.73. The molecule has 0 saturated heterocycles. The van der Waals surface area contributed by atoms with Gasteiger partial charge in [-0.05, 0) is 6.92 Å². The van der Waals surface area contributed by atoms with Gasteiger partial charge in [-0.2, -0.15) is 8.78 Å². The summed E-state index contributed by atoms with van der Waals surface area (Å²) in [6, 6.07) is -0.131. The maximum absolute atomic E-state index is 12.0. The second-order valence-electron chi connectivity index (χ2n) is 2.41. The van der Waals surface area contributed by atoms with Crippen LogP contribution in [0, 0.1) is 0 Å². The smallest absolute Gasteiger partial charge is 0.316 e. The zero-order valence-corrected chi connectivity index (χ0v) is 7.00. The summed E-state index contributed by atoms with van der Waals surface area (Å²) in [5, 5.41) is 9.18. The van der Waals surface area contributed by atoms with Gasteiger partial charge in [-0.1, -0.05) is 11.2 Å². The lowest BCUT2D eigenvalue weighted by atomic mass is 10.3. The predicted octanol–water partition coefficient (Wildman–Crippen LogP) is 1.99. The summed E-state index contributed by atoms with van der Waals surface area (Å²) in [6.45, 7) is 5.28. The molecule has 0 amide bonds. The van der Waals surface area contributed by atoms with Crippen LogP contribution in [0.4, 0.5) is 14.8 Å². The molecule has 0 aromatic carbocycles. The molecular formula is C7H9F2N3O. The van der Waals surface area contributed by atoms with Crippen LogP contribution in [-0.2, 0) is 0 Å². The highest BCUT2D eigenvalue weighted by molar-refractivity contribution is 5.21. The second kappa shape index (κ2) is 3.97. The molecule has 6 heteroatoms. The number of rotatable bonds is 4. The topological polar surface area (TPSA) is 51.0 Å². The van der Waals surface area contributed by atoms with E-state index in [1.165, 1.54) is 0 Å². The molecule has 0 fully saturated rings. The summed E-state index contributed by atoms with van der Waals surface area (Å²) in [6.07, 6.45) is -1.14. The van der Waals surface area contributed by atoms with Crippen molar-refractivity contribution in [1.29, 1.82) is 0 Å². The van der Waals surface area contributed by atoms with Crippen LogP contribution in [0.5, 0.6) is 0 Å². The van der Waals surface area contributed by atoms with Crippen molar-refractivity contribution >= 4 is 6.01 Å². The third kappa shape index (κ3) is 2.50. The normalized spacial score (nSPS) is 12.9. The molecule has 4 nitrogen and oxygen atoms in total. The highest BCUT2D eigenvalue weighted by Gasteiger charge is 2.16. The van der Waals surface area contributed by atoms with Crippen molar-refractivity contribution in [2.24, 2.45) is 0 Å². The number of nitrogens with one attached hydrogen (secondary N) is 1. The molecule has 0 bridgehead atoms. The summed E-state index contributed by atoms with van der Waals surface area (Å²) < 4.78 is 28.5. The number of hydrogen-bond donors (Lipinski definition) is 1. The Bertz CT molecular complexity index is 287. The van der Waals surface area contributed by atoms with Crippen LogP contribution >= 0.6 is 0 Å². The van der Waals surface area contributed by atoms with Crippen molar-refractivity contribution in [2.75, 3.05) is 5.32 Å². The molecule has 0 saturated carbocycles. The van der Waals surface area contributed by atoms with Crippen molar-refractivity contribution in [3.8, 4) is 0 Å². The van der Waals surface area contributed by atoms with Crippen LogP contribution in [-0.4, -0.2) is 16.2 Å². The minimum Gasteiger partial charge on any atom is -0.402 e. The highest BCUT2D eigenvalue weighted by atomic mass is 19.3. The van der Waals surface area contributed by atoms with Gasteiger partial charge in [0.05, 0.1) is 0 Å². The van der Waals surface area contributed by atoms with E-state index in [1.807, 2.05) is 0 Å². The van der Waals surface area contributed by atoms with Crippen LogP contribution < -0.4 is 5.32 Å². The molecule has 1 unspecified atom stereocenters. The van der Waals surface area contributed by atoms with Gasteiger partial charge < -0.3 is 9.73 Å². The molecule has 1 heterocycles. The Morgan fingerprint density at radius 2 is 2.23 bits per heavy atom. The molecule has 1 aromatic heterocycles. The van der Waals surface area contributed by atoms with E-state index in [0.717, 1.165) is 0 Å². The maximum atomic E-state index is 12.0. The first-order chi connectivity index (χ1) is 6.13. The molecule has 13 heavy (non-hydrogen) atoms. The molecule has 0 spiro atoms. The summed E-state index contributed by atoms with van der Waals surface area (Å²) in [5.74, 6) is -0.682. The van der Waals surface area contributed by atoms with Gasteiger partial charge in [-0.15, -0.1) is 11.7 Å². The highest BCUT2D eigenvalue weighted by Crippen LogP contribution is 2.18. The Hall–Kier alpha value is -1.46. The zero-order chi connectivity index (χ0) is 9.84. The van der Waals surface area contributed by atoms with Gasteiger partial charge in [-0.25, -0.2) is 0 Å². The van der Waals surface area contributed by atoms with E-state index < -0.39 is 12.3 Å². The van der Waals surface area contributed by atoms with Crippen molar-refractivity contribution in [2.45, 2.75) is 19.4 Å². The van der Waals surface area contributed by atoms with Crippen LogP contribution in [0.1, 0.15) is 19.2 Å². The van der Waals surface area contributed by atoms with E-state index in [1.54, 1.807) is 13.0 Å². The summed E-state index contributed by atoms with van der Waals surface area (Å²) in [5.41, 5.74) is 0. The van der Waals surface area contributed by atoms with Gasteiger partial charge in [0.25, 0.3) is 5.89 Å². The first kappa shape index (κ1) is 9.63. The van der Waals surface area contributed by atoms with Gasteiger partial charge in [0.2, 0.25) is 0 Å². The largest absolute Gasteiger partial charge is 0.402 e. The third-order valence-corrected chi connectivity index (χ3v) is 1.33. The van der Waals surface area contributed by atoms with Gasteiger partial charge in [-0.3, -0.25) is 0 Å². The second-order valence-corrected chi connectivity index (χ2v) is 2.41. The Morgan fingerprint density at radius 3 is 2.69 bits per heavy atom. The number of alkyl halides is 2. The lowest BCUT2D eigenvalue weighted by molar-refractivity contribution is 0.116. The van der Waals surface area contributed by atoms with Gasteiger partial charge in [0.15, 0.2) is 0 Å².